The van der Waals surface area contributed by atoms with Gasteiger partial charge in [0.25, 0.3) is 5.91 Å². The molecule has 2 amide bonds. The summed E-state index contributed by atoms with van der Waals surface area (Å²) in [6.45, 7) is 0. The number of thioether (sulfide) groups is 1. The third kappa shape index (κ3) is 6.03. The van der Waals surface area contributed by atoms with Crippen LogP contribution < -0.4 is 10.6 Å². The predicted octanol–water partition coefficient (Wildman–Crippen LogP) is 5.95. The van der Waals surface area contributed by atoms with Crippen molar-refractivity contribution in [2.45, 2.75) is 4.34 Å². The molecule has 0 bridgehead atoms. The van der Waals surface area contributed by atoms with E-state index in [0.29, 0.717) is 15.0 Å². The molecule has 0 saturated carbocycles. The summed E-state index contributed by atoms with van der Waals surface area (Å²) in [6, 6.07) is 24.7. The molecule has 0 spiro atoms. The zero-order valence-electron chi connectivity index (χ0n) is 16.6. The van der Waals surface area contributed by atoms with Crippen LogP contribution in [0.2, 0.25) is 0 Å². The lowest BCUT2D eigenvalue weighted by atomic mass is 10.0. The topological polar surface area (TPSA) is 84.0 Å². The summed E-state index contributed by atoms with van der Waals surface area (Å²) in [4.78, 5) is 24.6. The van der Waals surface area contributed by atoms with Gasteiger partial charge in [-0.25, -0.2) is 0 Å². The molecule has 4 aromatic rings. The predicted molar refractivity (Wildman–Crippen MR) is 133 cm³/mol. The Morgan fingerprint density at radius 2 is 1.53 bits per heavy atom. The Bertz CT molecular complexity index is 1210. The zero-order chi connectivity index (χ0) is 22.3. The van der Waals surface area contributed by atoms with E-state index in [1.165, 1.54) is 23.1 Å². The van der Waals surface area contributed by atoms with Crippen molar-refractivity contribution in [3.8, 4) is 11.1 Å². The lowest BCUT2D eigenvalue weighted by Crippen LogP contribution is -2.13. The lowest BCUT2D eigenvalue weighted by molar-refractivity contribution is -0.113. The van der Waals surface area contributed by atoms with Gasteiger partial charge in [0.1, 0.15) is 0 Å². The van der Waals surface area contributed by atoms with Gasteiger partial charge in [-0.05, 0) is 47.5 Å². The van der Waals surface area contributed by atoms with E-state index < -0.39 is 0 Å². The molecule has 9 heteroatoms. The van der Waals surface area contributed by atoms with Gasteiger partial charge < -0.3 is 5.32 Å². The average Bonchev–Trinajstić information content (AvgIpc) is 3.27. The van der Waals surface area contributed by atoms with E-state index in [-0.39, 0.29) is 17.6 Å². The van der Waals surface area contributed by atoms with Gasteiger partial charge in [0.15, 0.2) is 4.34 Å². The summed E-state index contributed by atoms with van der Waals surface area (Å²) < 4.78 is 1.55. The maximum atomic E-state index is 12.5. The summed E-state index contributed by atoms with van der Waals surface area (Å²) >= 11 is 5.85. The first kappa shape index (κ1) is 22.2. The van der Waals surface area contributed by atoms with E-state index in [4.69, 9.17) is 0 Å². The van der Waals surface area contributed by atoms with E-state index in [9.17, 15) is 9.59 Å². The second kappa shape index (κ2) is 10.5. The first-order chi connectivity index (χ1) is 15.6. The SMILES string of the molecule is O=C(CSc1nnc(NC(=O)c2ccc(-c3ccccc3)cc2)s1)Nc1ccc(Br)cc1. The molecule has 32 heavy (non-hydrogen) atoms. The van der Waals surface area contributed by atoms with E-state index in [2.05, 4.69) is 36.8 Å². The van der Waals surface area contributed by atoms with Crippen LogP contribution in [0.5, 0.6) is 0 Å². The van der Waals surface area contributed by atoms with Crippen molar-refractivity contribution in [2.75, 3.05) is 16.4 Å². The molecule has 0 fully saturated rings. The molecule has 6 nitrogen and oxygen atoms in total. The van der Waals surface area contributed by atoms with Crippen molar-refractivity contribution >= 4 is 61.7 Å². The normalized spacial score (nSPS) is 10.5. The molecule has 1 heterocycles. The quantitative estimate of drug-likeness (QED) is 0.230. The molecule has 0 aliphatic carbocycles. The number of halogens is 1. The Morgan fingerprint density at radius 3 is 2.25 bits per heavy atom. The molecule has 0 unspecified atom stereocenters. The number of aromatic nitrogens is 2. The number of benzene rings is 3. The van der Waals surface area contributed by atoms with Gasteiger partial charge in [0.2, 0.25) is 11.0 Å². The van der Waals surface area contributed by atoms with Crippen molar-refractivity contribution in [2.24, 2.45) is 0 Å². The van der Waals surface area contributed by atoms with Gasteiger partial charge in [0.05, 0.1) is 5.75 Å². The van der Waals surface area contributed by atoms with E-state index >= 15 is 0 Å². The second-order valence-corrected chi connectivity index (χ2v) is 9.73. The highest BCUT2D eigenvalue weighted by Crippen LogP contribution is 2.26. The minimum absolute atomic E-state index is 0.142. The number of nitrogens with zero attached hydrogens (tertiary/aromatic N) is 2. The summed E-state index contributed by atoms with van der Waals surface area (Å²) in [5.74, 6) is -0.207. The number of hydrogen-bond donors (Lipinski definition) is 2. The fourth-order valence-electron chi connectivity index (χ4n) is 2.79. The van der Waals surface area contributed by atoms with Crippen LogP contribution in [0.4, 0.5) is 10.8 Å². The highest BCUT2D eigenvalue weighted by atomic mass is 79.9. The number of carbonyl (C=O) groups excluding carboxylic acids is 2. The minimum Gasteiger partial charge on any atom is -0.325 e. The molecule has 2 N–H and O–H groups in total. The number of carbonyl (C=O) groups is 2. The van der Waals surface area contributed by atoms with Crippen molar-refractivity contribution in [1.82, 2.24) is 10.2 Å². The minimum atomic E-state index is -0.259. The maximum absolute atomic E-state index is 12.5. The molecule has 4 rings (SSSR count). The Kier molecular flexibility index (Phi) is 7.31. The number of rotatable bonds is 7. The fourth-order valence-corrected chi connectivity index (χ4v) is 4.60. The van der Waals surface area contributed by atoms with Crippen LogP contribution >= 0.6 is 39.0 Å². The highest BCUT2D eigenvalue weighted by molar-refractivity contribution is 9.10. The van der Waals surface area contributed by atoms with Gasteiger partial charge in [-0.2, -0.15) is 0 Å². The Balaban J connectivity index is 1.29. The van der Waals surface area contributed by atoms with Crippen molar-refractivity contribution in [1.29, 1.82) is 0 Å². The van der Waals surface area contributed by atoms with Crippen LogP contribution in [-0.2, 0) is 4.79 Å². The van der Waals surface area contributed by atoms with E-state index in [1.54, 1.807) is 12.1 Å². The maximum Gasteiger partial charge on any atom is 0.257 e. The second-order valence-electron chi connectivity index (χ2n) is 6.61. The van der Waals surface area contributed by atoms with Crippen LogP contribution in [-0.4, -0.2) is 27.8 Å². The number of amides is 2. The van der Waals surface area contributed by atoms with Crippen LogP contribution in [0.15, 0.2) is 87.7 Å². The summed E-state index contributed by atoms with van der Waals surface area (Å²) in [7, 11) is 0. The van der Waals surface area contributed by atoms with Crippen molar-refractivity contribution in [3.05, 3.63) is 88.9 Å². The molecular formula is C23H17BrN4O2S2. The van der Waals surface area contributed by atoms with Crippen LogP contribution in [0.3, 0.4) is 0 Å². The lowest BCUT2D eigenvalue weighted by Gasteiger charge is -2.04. The van der Waals surface area contributed by atoms with Crippen LogP contribution in [0, 0.1) is 0 Å². The van der Waals surface area contributed by atoms with Crippen molar-refractivity contribution in [3.63, 3.8) is 0 Å². The van der Waals surface area contributed by atoms with Gasteiger partial charge in [-0.15, -0.1) is 10.2 Å². The van der Waals surface area contributed by atoms with Crippen LogP contribution in [0.1, 0.15) is 10.4 Å². The first-order valence-electron chi connectivity index (χ1n) is 9.55. The molecule has 0 aliphatic rings. The largest absolute Gasteiger partial charge is 0.325 e. The van der Waals surface area contributed by atoms with Crippen LogP contribution in [0.25, 0.3) is 11.1 Å². The average molecular weight is 525 g/mol. The molecular weight excluding hydrogens is 508 g/mol. The third-order valence-corrected chi connectivity index (χ3v) is 6.84. The molecule has 160 valence electrons. The number of nitrogens with one attached hydrogen (secondary N) is 2. The Labute approximate surface area is 201 Å². The Hall–Kier alpha value is -3.01. The molecule has 3 aromatic carbocycles. The van der Waals surface area contributed by atoms with Crippen molar-refractivity contribution < 1.29 is 9.59 Å². The van der Waals surface area contributed by atoms with Gasteiger partial charge >= 0.3 is 0 Å². The molecule has 0 aliphatic heterocycles. The standard InChI is InChI=1S/C23H17BrN4O2S2/c24-18-10-12-19(13-11-18)25-20(29)14-31-23-28-27-22(32-23)26-21(30)17-8-6-16(7-9-17)15-4-2-1-3-5-15/h1-13H,14H2,(H,25,29)(H,26,27,30). The van der Waals surface area contributed by atoms with Gasteiger partial charge in [0, 0.05) is 15.7 Å². The summed E-state index contributed by atoms with van der Waals surface area (Å²) in [5, 5.41) is 14.0. The van der Waals surface area contributed by atoms with Gasteiger partial charge in [-0.1, -0.05) is 81.5 Å². The van der Waals surface area contributed by atoms with E-state index in [1.807, 2.05) is 66.7 Å². The number of anilines is 2. The fraction of sp³-hybridized carbons (Fsp3) is 0.0435. The number of hydrogen-bond acceptors (Lipinski definition) is 6. The molecule has 0 radical (unpaired) electrons. The first-order valence-corrected chi connectivity index (χ1v) is 12.1. The monoisotopic (exact) mass is 524 g/mol. The van der Waals surface area contributed by atoms with E-state index in [0.717, 1.165) is 21.3 Å². The smallest absolute Gasteiger partial charge is 0.257 e. The van der Waals surface area contributed by atoms with Gasteiger partial charge in [-0.3, -0.25) is 14.9 Å². The summed E-state index contributed by atoms with van der Waals surface area (Å²) in [5.41, 5.74) is 3.39. The Morgan fingerprint density at radius 1 is 0.844 bits per heavy atom. The molecule has 0 saturated heterocycles. The summed E-state index contributed by atoms with van der Waals surface area (Å²) in [6.07, 6.45) is 0. The molecule has 1 aromatic heterocycles. The third-order valence-electron chi connectivity index (χ3n) is 4.34. The highest BCUT2D eigenvalue weighted by Gasteiger charge is 2.12. The zero-order valence-corrected chi connectivity index (χ0v) is 19.8. The molecule has 0 atom stereocenters.